The Morgan fingerprint density at radius 1 is 1.24 bits per heavy atom. The van der Waals surface area contributed by atoms with Crippen LogP contribution in [0.4, 0.5) is 0 Å². The number of phenolic OH excluding ortho intramolecular Hbond substituents is 1. The van der Waals surface area contributed by atoms with Crippen molar-refractivity contribution in [3.8, 4) is 17.2 Å². The predicted octanol–water partition coefficient (Wildman–Crippen LogP) is 6.01. The van der Waals surface area contributed by atoms with Gasteiger partial charge in [-0.2, -0.15) is 0 Å². The van der Waals surface area contributed by atoms with E-state index in [0.717, 1.165) is 18.4 Å². The molecule has 4 nitrogen and oxygen atoms in total. The zero-order chi connectivity index (χ0) is 20.6. The molecular weight excluding hydrogens is 364 g/mol. The van der Waals surface area contributed by atoms with E-state index in [4.69, 9.17) is 9.47 Å². The van der Waals surface area contributed by atoms with Crippen molar-refractivity contribution in [1.82, 2.24) is 0 Å². The fourth-order valence-corrected chi connectivity index (χ4v) is 3.89. The van der Waals surface area contributed by atoms with Gasteiger partial charge in [-0.3, -0.25) is 4.79 Å². The summed E-state index contributed by atoms with van der Waals surface area (Å²) in [6.07, 6.45) is 7.56. The second-order valence-corrected chi connectivity index (χ2v) is 8.22. The molecule has 0 saturated carbocycles. The van der Waals surface area contributed by atoms with Crippen LogP contribution in [0.5, 0.6) is 17.2 Å². The predicted molar refractivity (Wildman–Crippen MR) is 114 cm³/mol. The lowest BCUT2D eigenvalue weighted by Gasteiger charge is -2.34. The number of aromatic hydroxyl groups is 1. The van der Waals surface area contributed by atoms with Crippen LogP contribution < -0.4 is 9.47 Å². The van der Waals surface area contributed by atoms with Gasteiger partial charge in [-0.05, 0) is 51.3 Å². The quantitative estimate of drug-likeness (QED) is 0.650. The van der Waals surface area contributed by atoms with E-state index in [0.29, 0.717) is 17.1 Å². The molecule has 1 N–H and O–H groups in total. The Kier molecular flexibility index (Phi) is 4.95. The first-order valence-corrected chi connectivity index (χ1v) is 10.0. The van der Waals surface area contributed by atoms with Crippen molar-refractivity contribution in [3.05, 3.63) is 70.8 Å². The number of fused-ring (bicyclic) bond motifs is 2. The van der Waals surface area contributed by atoms with Gasteiger partial charge in [0.1, 0.15) is 34.5 Å². The molecule has 2 aromatic rings. The summed E-state index contributed by atoms with van der Waals surface area (Å²) in [5.74, 6) is 0.751. The summed E-state index contributed by atoms with van der Waals surface area (Å²) in [7, 11) is 0. The van der Waals surface area contributed by atoms with Crippen LogP contribution in [0.3, 0.4) is 0 Å². The Balaban J connectivity index is 1.66. The van der Waals surface area contributed by atoms with Gasteiger partial charge in [0, 0.05) is 6.07 Å². The van der Waals surface area contributed by atoms with Crippen LogP contribution in [0.1, 0.15) is 67.6 Å². The van der Waals surface area contributed by atoms with Crippen molar-refractivity contribution >= 4 is 11.9 Å². The third-order valence-corrected chi connectivity index (χ3v) is 5.50. The molecule has 0 bridgehead atoms. The van der Waals surface area contributed by atoms with Gasteiger partial charge in [0.05, 0.1) is 12.0 Å². The molecule has 2 aliphatic rings. The normalized spacial score (nSPS) is 22.2. The number of benzene rings is 2. The molecule has 0 aromatic heterocycles. The Bertz CT molecular complexity index is 999. The number of carbonyl (C=O) groups excluding carboxylic acids is 1. The Labute approximate surface area is 171 Å². The molecule has 0 radical (unpaired) electrons. The van der Waals surface area contributed by atoms with Crippen molar-refractivity contribution in [3.63, 3.8) is 0 Å². The van der Waals surface area contributed by atoms with Gasteiger partial charge in [-0.25, -0.2) is 0 Å². The van der Waals surface area contributed by atoms with Crippen LogP contribution >= 0.6 is 0 Å². The van der Waals surface area contributed by atoms with Crippen LogP contribution in [-0.4, -0.2) is 16.5 Å². The Morgan fingerprint density at radius 3 is 2.72 bits per heavy atom. The van der Waals surface area contributed by atoms with Crippen LogP contribution in [0.15, 0.2) is 54.1 Å². The van der Waals surface area contributed by atoms with Crippen molar-refractivity contribution in [2.24, 2.45) is 0 Å². The molecule has 0 fully saturated rings. The molecule has 150 valence electrons. The van der Waals surface area contributed by atoms with Gasteiger partial charge >= 0.3 is 0 Å². The maximum absolute atomic E-state index is 12.8. The number of ether oxygens (including phenoxy) is 2. The summed E-state index contributed by atoms with van der Waals surface area (Å²) in [4.78, 5) is 12.8. The zero-order valence-corrected chi connectivity index (χ0v) is 17.1. The first-order chi connectivity index (χ1) is 13.9. The standard InChI is InChI=1S/C25H26O4/c1-16(2)8-7-12-25(3)13-11-18-21(29-25)15-22-23(24(18)27)19(26)14-20(28-22)17-9-5-4-6-10-17/h4-6,8-11,13,15,20,27H,7,12,14H2,1-3H3/t20-,25?/m0/s1. The van der Waals surface area contributed by atoms with Crippen LogP contribution in [0.2, 0.25) is 0 Å². The summed E-state index contributed by atoms with van der Waals surface area (Å²) >= 11 is 0. The van der Waals surface area contributed by atoms with Gasteiger partial charge in [0.2, 0.25) is 0 Å². The molecular formula is C25H26O4. The van der Waals surface area contributed by atoms with Crippen LogP contribution in [0.25, 0.3) is 6.08 Å². The molecule has 0 spiro atoms. The smallest absolute Gasteiger partial charge is 0.174 e. The van der Waals surface area contributed by atoms with Gasteiger partial charge in [0.15, 0.2) is 5.78 Å². The molecule has 0 saturated heterocycles. The van der Waals surface area contributed by atoms with E-state index in [1.54, 1.807) is 6.07 Å². The van der Waals surface area contributed by atoms with Crippen molar-refractivity contribution < 1.29 is 19.4 Å². The van der Waals surface area contributed by atoms with E-state index in [1.165, 1.54) is 5.57 Å². The summed E-state index contributed by atoms with van der Waals surface area (Å²) in [5.41, 5.74) is 2.53. The van der Waals surface area contributed by atoms with E-state index in [2.05, 4.69) is 19.9 Å². The number of allylic oxidation sites excluding steroid dienone is 2. The molecule has 0 aliphatic carbocycles. The van der Waals surface area contributed by atoms with Crippen LogP contribution in [-0.2, 0) is 0 Å². The summed E-state index contributed by atoms with van der Waals surface area (Å²) in [6, 6.07) is 11.4. The van der Waals surface area contributed by atoms with Crippen molar-refractivity contribution in [1.29, 1.82) is 0 Å². The van der Waals surface area contributed by atoms with Gasteiger partial charge in [-0.15, -0.1) is 0 Å². The lowest BCUT2D eigenvalue weighted by Crippen LogP contribution is -2.32. The highest BCUT2D eigenvalue weighted by molar-refractivity contribution is 6.04. The van der Waals surface area contributed by atoms with E-state index in [-0.39, 0.29) is 29.6 Å². The lowest BCUT2D eigenvalue weighted by atomic mass is 9.90. The number of hydrogen-bond donors (Lipinski definition) is 1. The molecule has 4 rings (SSSR count). The third-order valence-electron chi connectivity index (χ3n) is 5.50. The zero-order valence-electron chi connectivity index (χ0n) is 17.1. The van der Waals surface area contributed by atoms with Crippen molar-refractivity contribution in [2.75, 3.05) is 0 Å². The molecule has 2 aromatic carbocycles. The molecule has 1 unspecified atom stereocenters. The first-order valence-electron chi connectivity index (χ1n) is 10.0. The number of Topliss-reactive ketones (excluding diaryl/α,β-unsaturated/α-hetero) is 1. The molecule has 2 aliphatic heterocycles. The third kappa shape index (κ3) is 3.80. The molecule has 29 heavy (non-hydrogen) atoms. The van der Waals surface area contributed by atoms with Gasteiger partial charge < -0.3 is 14.6 Å². The van der Waals surface area contributed by atoms with E-state index < -0.39 is 5.60 Å². The lowest BCUT2D eigenvalue weighted by molar-refractivity contribution is 0.0840. The minimum absolute atomic E-state index is 0.0587. The fourth-order valence-electron chi connectivity index (χ4n) is 3.89. The maximum Gasteiger partial charge on any atom is 0.174 e. The Hall–Kier alpha value is -3.01. The second-order valence-electron chi connectivity index (χ2n) is 8.22. The minimum atomic E-state index is -0.475. The largest absolute Gasteiger partial charge is 0.506 e. The topological polar surface area (TPSA) is 55.8 Å². The Morgan fingerprint density at radius 2 is 2.00 bits per heavy atom. The molecule has 0 amide bonds. The number of rotatable bonds is 4. The van der Waals surface area contributed by atoms with E-state index >= 15 is 0 Å². The highest BCUT2D eigenvalue weighted by Gasteiger charge is 2.35. The monoisotopic (exact) mass is 390 g/mol. The SMILES string of the molecule is CC(C)=CCCC1(C)C=Cc2c(cc3c(c2O)C(=O)C[C@@H](c2ccccc2)O3)O1. The number of carbonyl (C=O) groups is 1. The minimum Gasteiger partial charge on any atom is -0.506 e. The molecule has 4 heteroatoms. The van der Waals surface area contributed by atoms with Crippen LogP contribution in [0, 0.1) is 0 Å². The highest BCUT2D eigenvalue weighted by Crippen LogP contribution is 2.48. The number of phenols is 1. The summed E-state index contributed by atoms with van der Waals surface area (Å²) < 4.78 is 12.4. The molecule has 2 atom stereocenters. The average molecular weight is 390 g/mol. The summed E-state index contributed by atoms with van der Waals surface area (Å²) in [5, 5.41) is 10.8. The molecule has 2 heterocycles. The van der Waals surface area contributed by atoms with Crippen molar-refractivity contribution in [2.45, 2.75) is 51.7 Å². The number of ketones is 1. The second kappa shape index (κ2) is 7.43. The first kappa shape index (κ1) is 19.3. The average Bonchev–Trinajstić information content (AvgIpc) is 2.67. The fraction of sp³-hybridized carbons (Fsp3) is 0.320. The van der Waals surface area contributed by atoms with Gasteiger partial charge in [-0.1, -0.05) is 42.0 Å². The maximum atomic E-state index is 12.8. The van der Waals surface area contributed by atoms with E-state index in [9.17, 15) is 9.90 Å². The van der Waals surface area contributed by atoms with E-state index in [1.807, 2.05) is 49.4 Å². The van der Waals surface area contributed by atoms with Gasteiger partial charge in [0.25, 0.3) is 0 Å². The highest BCUT2D eigenvalue weighted by atomic mass is 16.5. The summed E-state index contributed by atoms with van der Waals surface area (Å²) in [6.45, 7) is 6.19. The number of hydrogen-bond acceptors (Lipinski definition) is 4.